The van der Waals surface area contributed by atoms with Gasteiger partial charge in [-0.25, -0.2) is 15.0 Å². The van der Waals surface area contributed by atoms with E-state index in [4.69, 9.17) is 5.73 Å². The minimum Gasteiger partial charge on any atom is -0.370 e. The summed E-state index contributed by atoms with van der Waals surface area (Å²) < 4.78 is 0. The topological polar surface area (TPSA) is 76.2 Å². The average molecular weight is 269 g/mol. The van der Waals surface area contributed by atoms with Gasteiger partial charge in [-0.3, -0.25) is 0 Å². The quantitative estimate of drug-likeness (QED) is 0.662. The van der Waals surface area contributed by atoms with Crippen molar-refractivity contribution in [2.75, 3.05) is 5.32 Å². The molecule has 0 fully saturated rings. The van der Waals surface area contributed by atoms with Gasteiger partial charge in [0.05, 0.1) is 12.2 Å². The number of nitrogens with one attached hydrogen (secondary N) is 1. The van der Waals surface area contributed by atoms with Gasteiger partial charge in [0.15, 0.2) is 5.96 Å². The molecule has 0 aliphatic heterocycles. The summed E-state index contributed by atoms with van der Waals surface area (Å²) >= 11 is 0. The number of nitrogens with two attached hydrogens (primary N) is 1. The van der Waals surface area contributed by atoms with E-state index in [1.807, 2.05) is 51.1 Å². The molecule has 5 heteroatoms. The molecule has 0 unspecified atom stereocenters. The van der Waals surface area contributed by atoms with Gasteiger partial charge >= 0.3 is 0 Å². The second kappa shape index (κ2) is 6.14. The van der Waals surface area contributed by atoms with Crippen LogP contribution in [0, 0.1) is 20.8 Å². The highest BCUT2D eigenvalue weighted by Crippen LogP contribution is 2.09. The third-order valence-electron chi connectivity index (χ3n) is 2.72. The van der Waals surface area contributed by atoms with Crippen molar-refractivity contribution in [3.8, 4) is 0 Å². The maximum absolute atomic E-state index is 5.88. The van der Waals surface area contributed by atoms with Crippen LogP contribution in [0.3, 0.4) is 0 Å². The van der Waals surface area contributed by atoms with Gasteiger partial charge in [-0.05, 0) is 44.5 Å². The van der Waals surface area contributed by atoms with Crippen LogP contribution >= 0.6 is 0 Å². The number of guanidine groups is 1. The Morgan fingerprint density at radius 2 is 2.00 bits per heavy atom. The fourth-order valence-corrected chi connectivity index (χ4v) is 1.95. The molecule has 1 heterocycles. The number of nitrogens with zero attached hydrogens (tertiary/aromatic N) is 3. The monoisotopic (exact) mass is 269 g/mol. The molecule has 0 bridgehead atoms. The zero-order chi connectivity index (χ0) is 14.5. The van der Waals surface area contributed by atoms with Crippen LogP contribution in [0.15, 0.2) is 35.3 Å². The second-order valence-electron chi connectivity index (χ2n) is 4.74. The number of rotatable bonds is 3. The standard InChI is InChI=1S/C15H19N5/c1-10-5-4-6-13(7-10)20-15(16)17-9-14-8-11(2)18-12(3)19-14/h4-8H,9H2,1-3H3,(H3,16,17,20). The molecule has 1 aromatic carbocycles. The van der Waals surface area contributed by atoms with Crippen LogP contribution in [0.2, 0.25) is 0 Å². The third-order valence-corrected chi connectivity index (χ3v) is 2.72. The first-order valence-corrected chi connectivity index (χ1v) is 6.48. The summed E-state index contributed by atoms with van der Waals surface area (Å²) in [6.45, 7) is 6.28. The van der Waals surface area contributed by atoms with Crippen LogP contribution in [0.4, 0.5) is 5.69 Å². The maximum atomic E-state index is 5.88. The summed E-state index contributed by atoms with van der Waals surface area (Å²) in [5.41, 5.74) is 9.78. The van der Waals surface area contributed by atoms with Gasteiger partial charge in [-0.1, -0.05) is 12.1 Å². The summed E-state index contributed by atoms with van der Waals surface area (Å²) in [7, 11) is 0. The predicted octanol–water partition coefficient (Wildman–Crippen LogP) is 2.33. The van der Waals surface area contributed by atoms with Gasteiger partial charge in [0.2, 0.25) is 0 Å². The number of aromatic nitrogens is 2. The first kappa shape index (κ1) is 14.0. The van der Waals surface area contributed by atoms with Crippen molar-refractivity contribution in [2.45, 2.75) is 27.3 Å². The van der Waals surface area contributed by atoms with Crippen molar-refractivity contribution < 1.29 is 0 Å². The van der Waals surface area contributed by atoms with E-state index in [0.29, 0.717) is 12.5 Å². The summed E-state index contributed by atoms with van der Waals surface area (Å²) in [6.07, 6.45) is 0. The molecule has 20 heavy (non-hydrogen) atoms. The third kappa shape index (κ3) is 4.05. The van der Waals surface area contributed by atoms with E-state index in [-0.39, 0.29) is 0 Å². The number of anilines is 1. The first-order chi connectivity index (χ1) is 9.52. The van der Waals surface area contributed by atoms with Crippen molar-refractivity contribution in [1.29, 1.82) is 0 Å². The number of aliphatic imine (C=N–C) groups is 1. The van der Waals surface area contributed by atoms with E-state index in [0.717, 1.165) is 22.9 Å². The molecular weight excluding hydrogens is 250 g/mol. The molecule has 0 spiro atoms. The van der Waals surface area contributed by atoms with Crippen LogP contribution in [-0.4, -0.2) is 15.9 Å². The molecule has 0 amide bonds. The van der Waals surface area contributed by atoms with Gasteiger partial charge in [0.1, 0.15) is 5.82 Å². The molecule has 3 N–H and O–H groups in total. The van der Waals surface area contributed by atoms with Crippen LogP contribution in [0.1, 0.15) is 22.8 Å². The molecule has 2 aromatic rings. The Morgan fingerprint density at radius 3 is 2.70 bits per heavy atom. The average Bonchev–Trinajstić information content (AvgIpc) is 2.35. The van der Waals surface area contributed by atoms with E-state index in [2.05, 4.69) is 20.3 Å². The Morgan fingerprint density at radius 1 is 1.20 bits per heavy atom. The Balaban J connectivity index is 2.03. The zero-order valence-electron chi connectivity index (χ0n) is 12.0. The lowest BCUT2D eigenvalue weighted by atomic mass is 10.2. The second-order valence-corrected chi connectivity index (χ2v) is 4.74. The fourth-order valence-electron chi connectivity index (χ4n) is 1.95. The molecular formula is C15H19N5. The van der Waals surface area contributed by atoms with Crippen molar-refractivity contribution in [2.24, 2.45) is 10.7 Å². The lowest BCUT2D eigenvalue weighted by Crippen LogP contribution is -2.22. The van der Waals surface area contributed by atoms with E-state index in [9.17, 15) is 0 Å². The Kier molecular flexibility index (Phi) is 4.30. The largest absolute Gasteiger partial charge is 0.370 e. The molecule has 0 saturated carbocycles. The number of aryl methyl sites for hydroxylation is 3. The van der Waals surface area contributed by atoms with Crippen LogP contribution in [0.5, 0.6) is 0 Å². The molecule has 0 aliphatic rings. The zero-order valence-corrected chi connectivity index (χ0v) is 12.0. The van der Waals surface area contributed by atoms with Crippen LogP contribution in [-0.2, 0) is 6.54 Å². The normalized spacial score (nSPS) is 11.4. The van der Waals surface area contributed by atoms with Crippen LogP contribution < -0.4 is 11.1 Å². The lowest BCUT2D eigenvalue weighted by Gasteiger charge is -2.06. The first-order valence-electron chi connectivity index (χ1n) is 6.48. The van der Waals surface area contributed by atoms with Gasteiger partial charge in [-0.15, -0.1) is 0 Å². The van der Waals surface area contributed by atoms with Crippen molar-refractivity contribution in [3.05, 3.63) is 53.1 Å². The Hall–Kier alpha value is -2.43. The predicted molar refractivity (Wildman–Crippen MR) is 81.6 cm³/mol. The summed E-state index contributed by atoms with van der Waals surface area (Å²) in [4.78, 5) is 12.9. The molecule has 0 saturated heterocycles. The minimum absolute atomic E-state index is 0.379. The lowest BCUT2D eigenvalue weighted by molar-refractivity contribution is 0.906. The molecule has 0 radical (unpaired) electrons. The minimum atomic E-state index is 0.379. The summed E-state index contributed by atoms with van der Waals surface area (Å²) in [6, 6.07) is 9.89. The Bertz CT molecular complexity index is 614. The molecule has 0 atom stereocenters. The van der Waals surface area contributed by atoms with Gasteiger partial charge < -0.3 is 11.1 Å². The summed E-state index contributed by atoms with van der Waals surface area (Å²) in [5, 5.41) is 3.07. The van der Waals surface area contributed by atoms with Crippen molar-refractivity contribution in [3.63, 3.8) is 0 Å². The number of hydrogen-bond donors (Lipinski definition) is 2. The van der Waals surface area contributed by atoms with Gasteiger partial charge in [0.25, 0.3) is 0 Å². The highest BCUT2D eigenvalue weighted by molar-refractivity contribution is 5.92. The molecule has 5 nitrogen and oxygen atoms in total. The van der Waals surface area contributed by atoms with E-state index in [1.165, 1.54) is 5.56 Å². The highest BCUT2D eigenvalue weighted by atomic mass is 15.1. The van der Waals surface area contributed by atoms with Gasteiger partial charge in [0, 0.05) is 11.4 Å². The fraction of sp³-hybridized carbons (Fsp3) is 0.267. The van der Waals surface area contributed by atoms with E-state index >= 15 is 0 Å². The SMILES string of the molecule is Cc1cccc(NC(N)=NCc2cc(C)nc(C)n2)c1. The number of hydrogen-bond acceptors (Lipinski definition) is 3. The maximum Gasteiger partial charge on any atom is 0.193 e. The molecule has 1 aromatic heterocycles. The smallest absolute Gasteiger partial charge is 0.193 e. The highest BCUT2D eigenvalue weighted by Gasteiger charge is 1.99. The van der Waals surface area contributed by atoms with E-state index in [1.54, 1.807) is 0 Å². The van der Waals surface area contributed by atoms with Crippen molar-refractivity contribution >= 4 is 11.6 Å². The molecule has 0 aliphatic carbocycles. The van der Waals surface area contributed by atoms with E-state index < -0.39 is 0 Å². The molecule has 104 valence electrons. The van der Waals surface area contributed by atoms with Crippen molar-refractivity contribution in [1.82, 2.24) is 9.97 Å². The van der Waals surface area contributed by atoms with Crippen LogP contribution in [0.25, 0.3) is 0 Å². The summed E-state index contributed by atoms with van der Waals surface area (Å²) in [5.74, 6) is 1.13. The number of benzene rings is 1. The van der Waals surface area contributed by atoms with Gasteiger partial charge in [-0.2, -0.15) is 0 Å². The molecule has 2 rings (SSSR count). The Labute approximate surface area is 119 Å².